The second-order valence-electron chi connectivity index (χ2n) is 8.39. The lowest BCUT2D eigenvalue weighted by Gasteiger charge is -2.22. The average molecular weight is 517 g/mol. The first-order valence-electron chi connectivity index (χ1n) is 12.1. The van der Waals surface area contributed by atoms with Crippen LogP contribution < -0.4 is 10.2 Å². The number of fused-ring (bicyclic) bond motifs is 3. The maximum absolute atomic E-state index is 5.07. The van der Waals surface area contributed by atoms with Crippen molar-refractivity contribution in [2.75, 3.05) is 10.2 Å². The van der Waals surface area contributed by atoms with Gasteiger partial charge in [0.2, 0.25) is 0 Å². The highest BCUT2D eigenvalue weighted by molar-refractivity contribution is 7.18. The van der Waals surface area contributed by atoms with E-state index in [1.165, 1.54) is 9.75 Å². The van der Waals surface area contributed by atoms with Gasteiger partial charge < -0.3 is 5.32 Å². The predicted molar refractivity (Wildman–Crippen MR) is 157 cm³/mol. The number of hydrogen-bond acceptors (Lipinski definition) is 6. The summed E-state index contributed by atoms with van der Waals surface area (Å²) in [6.07, 6.45) is 0.897. The van der Waals surface area contributed by atoms with E-state index in [1.807, 2.05) is 66.7 Å². The van der Waals surface area contributed by atoms with Crippen molar-refractivity contribution in [1.82, 2.24) is 9.97 Å². The first-order chi connectivity index (χ1) is 18.3. The van der Waals surface area contributed by atoms with E-state index >= 15 is 0 Å². The molecule has 0 saturated heterocycles. The molecule has 0 aliphatic heterocycles. The number of benzene rings is 4. The molecule has 4 nitrogen and oxygen atoms in total. The molecule has 180 valence electrons. The normalized spacial score (nSPS) is 11.1. The van der Waals surface area contributed by atoms with Gasteiger partial charge in [-0.2, -0.15) is 0 Å². The Bertz CT molecular complexity index is 1500. The minimum absolute atomic E-state index is 0.897. The molecule has 0 spiro atoms. The quantitative estimate of drug-likeness (QED) is 0.248. The molecule has 1 N–H and O–H groups in total. The summed E-state index contributed by atoms with van der Waals surface area (Å²) in [5.74, 6) is 0. The highest BCUT2D eigenvalue weighted by Gasteiger charge is 2.30. The minimum atomic E-state index is 0.897. The van der Waals surface area contributed by atoms with Gasteiger partial charge in [0, 0.05) is 33.2 Å². The molecule has 6 heteroatoms. The van der Waals surface area contributed by atoms with Gasteiger partial charge in [-0.25, -0.2) is 9.97 Å². The van der Waals surface area contributed by atoms with Crippen molar-refractivity contribution in [3.8, 4) is 11.4 Å². The summed E-state index contributed by atoms with van der Waals surface area (Å²) in [5, 5.41) is 5.31. The zero-order valence-corrected chi connectivity index (χ0v) is 21.6. The number of aromatic nitrogens is 2. The highest BCUT2D eigenvalue weighted by Crippen LogP contribution is 2.47. The fourth-order valence-electron chi connectivity index (χ4n) is 4.15. The Kier molecular flexibility index (Phi) is 6.75. The van der Waals surface area contributed by atoms with Crippen LogP contribution in [0.3, 0.4) is 0 Å². The number of para-hydroxylation sites is 3. The number of anilines is 5. The van der Waals surface area contributed by atoms with Crippen LogP contribution in [-0.2, 0) is 6.42 Å². The number of thiazole rings is 2. The average Bonchev–Trinajstić information content (AvgIpc) is 3.63. The van der Waals surface area contributed by atoms with Crippen LogP contribution in [0.25, 0.3) is 11.4 Å². The molecular formula is C31H24N4S2. The molecule has 0 fully saturated rings. The third-order valence-corrected chi connectivity index (χ3v) is 7.85. The molecular weight excluding hydrogens is 493 g/mol. The number of hydrogen-bond donors (Lipinski definition) is 1. The van der Waals surface area contributed by atoms with Gasteiger partial charge in [-0.15, -0.1) is 22.7 Å². The Balaban J connectivity index is 0.000000372. The van der Waals surface area contributed by atoms with Crippen molar-refractivity contribution in [1.29, 1.82) is 0 Å². The summed E-state index contributed by atoms with van der Waals surface area (Å²) in [6, 6.07) is 43.0. The summed E-state index contributed by atoms with van der Waals surface area (Å²) in [5.41, 5.74) is 5.29. The molecule has 1 aliphatic rings. The Morgan fingerprint density at radius 2 is 1.00 bits per heavy atom. The number of rotatable bonds is 5. The Morgan fingerprint density at radius 1 is 0.541 bits per heavy atom. The third kappa shape index (κ3) is 5.16. The smallest absolute Gasteiger partial charge is 0.195 e. The van der Waals surface area contributed by atoms with Crippen molar-refractivity contribution in [2.24, 2.45) is 0 Å². The summed E-state index contributed by atoms with van der Waals surface area (Å²) in [4.78, 5) is 14.7. The van der Waals surface area contributed by atoms with E-state index < -0.39 is 0 Å². The van der Waals surface area contributed by atoms with Crippen LogP contribution in [0.4, 0.5) is 27.3 Å². The van der Waals surface area contributed by atoms with Crippen molar-refractivity contribution < 1.29 is 0 Å². The van der Waals surface area contributed by atoms with E-state index in [9.17, 15) is 0 Å². The van der Waals surface area contributed by atoms with Crippen molar-refractivity contribution in [3.05, 3.63) is 137 Å². The predicted octanol–water partition coefficient (Wildman–Crippen LogP) is 9.07. The van der Waals surface area contributed by atoms with Gasteiger partial charge in [0.1, 0.15) is 11.4 Å². The molecule has 0 unspecified atom stereocenters. The largest absolute Gasteiger partial charge is 0.332 e. The lowest BCUT2D eigenvalue weighted by Crippen LogP contribution is -2.09. The van der Waals surface area contributed by atoms with Gasteiger partial charge in [0.05, 0.1) is 0 Å². The molecule has 6 aromatic rings. The van der Waals surface area contributed by atoms with E-state index in [1.54, 1.807) is 22.7 Å². The monoisotopic (exact) mass is 516 g/mol. The lowest BCUT2D eigenvalue weighted by atomic mass is 10.2. The Hall–Kier alpha value is -4.26. The van der Waals surface area contributed by atoms with E-state index in [0.717, 1.165) is 45.1 Å². The van der Waals surface area contributed by atoms with Gasteiger partial charge in [0.25, 0.3) is 0 Å². The first kappa shape index (κ1) is 23.2. The molecule has 7 rings (SSSR count). The fourth-order valence-corrected chi connectivity index (χ4v) is 6.35. The molecule has 4 aromatic carbocycles. The molecule has 0 amide bonds. The fraction of sp³-hybridized carbons (Fsp3) is 0.0323. The SMILES string of the molecule is c1ccc(Nc2nc3c(s2)Cc2sc(N(c4ccccc4)c4ccccc4)nc2-3)cc1.c1ccccc1. The van der Waals surface area contributed by atoms with Gasteiger partial charge >= 0.3 is 0 Å². The summed E-state index contributed by atoms with van der Waals surface area (Å²) < 4.78 is 0. The number of nitrogens with zero attached hydrogens (tertiary/aromatic N) is 3. The molecule has 0 radical (unpaired) electrons. The van der Waals surface area contributed by atoms with E-state index in [2.05, 4.69) is 70.9 Å². The summed E-state index contributed by atoms with van der Waals surface area (Å²) >= 11 is 3.47. The molecule has 0 bridgehead atoms. The topological polar surface area (TPSA) is 41.1 Å². The second kappa shape index (κ2) is 10.8. The first-order valence-corrected chi connectivity index (χ1v) is 13.7. The zero-order chi connectivity index (χ0) is 24.9. The van der Waals surface area contributed by atoms with Crippen LogP contribution in [0.1, 0.15) is 9.75 Å². The van der Waals surface area contributed by atoms with Gasteiger partial charge in [0.15, 0.2) is 10.3 Å². The summed E-state index contributed by atoms with van der Waals surface area (Å²) in [7, 11) is 0. The third-order valence-electron chi connectivity index (χ3n) is 5.84. The maximum atomic E-state index is 5.07. The summed E-state index contributed by atoms with van der Waals surface area (Å²) in [6.45, 7) is 0. The zero-order valence-electron chi connectivity index (χ0n) is 20.0. The van der Waals surface area contributed by atoms with Gasteiger partial charge in [-0.3, -0.25) is 4.90 Å². The van der Waals surface area contributed by atoms with Crippen LogP contribution in [0, 0.1) is 0 Å². The standard InChI is InChI=1S/C25H18N4S2.C6H6/c1-4-10-17(11-5-1)26-24-27-22-20(30-24)16-21-23(22)28-25(31-21)29(18-12-6-2-7-13-18)19-14-8-3-9-15-19;1-2-4-6-5-3-1/h1-15H,16H2,(H,26,27);1-6H. The molecule has 2 aromatic heterocycles. The van der Waals surface area contributed by atoms with Crippen LogP contribution >= 0.6 is 22.7 Å². The highest BCUT2D eigenvalue weighted by atomic mass is 32.1. The van der Waals surface area contributed by atoms with Crippen LogP contribution in [0.15, 0.2) is 127 Å². The molecule has 0 saturated carbocycles. The van der Waals surface area contributed by atoms with Crippen LogP contribution in [-0.4, -0.2) is 9.97 Å². The molecule has 2 heterocycles. The molecule has 37 heavy (non-hydrogen) atoms. The van der Waals surface area contributed by atoms with Crippen molar-refractivity contribution >= 4 is 50.0 Å². The molecule has 1 aliphatic carbocycles. The Labute approximate surface area is 224 Å². The van der Waals surface area contributed by atoms with Crippen LogP contribution in [0.5, 0.6) is 0 Å². The van der Waals surface area contributed by atoms with Crippen LogP contribution in [0.2, 0.25) is 0 Å². The van der Waals surface area contributed by atoms with Gasteiger partial charge in [-0.1, -0.05) is 91.0 Å². The maximum Gasteiger partial charge on any atom is 0.195 e. The Morgan fingerprint density at radius 3 is 1.57 bits per heavy atom. The second-order valence-corrected chi connectivity index (χ2v) is 10.5. The van der Waals surface area contributed by atoms with E-state index in [-0.39, 0.29) is 0 Å². The van der Waals surface area contributed by atoms with E-state index in [4.69, 9.17) is 9.97 Å². The number of nitrogens with one attached hydrogen (secondary N) is 1. The van der Waals surface area contributed by atoms with E-state index in [0.29, 0.717) is 0 Å². The molecule has 0 atom stereocenters. The van der Waals surface area contributed by atoms with Gasteiger partial charge in [-0.05, 0) is 36.4 Å². The van der Waals surface area contributed by atoms with Crippen molar-refractivity contribution in [3.63, 3.8) is 0 Å². The minimum Gasteiger partial charge on any atom is -0.332 e. The van der Waals surface area contributed by atoms with Crippen molar-refractivity contribution in [2.45, 2.75) is 6.42 Å². The lowest BCUT2D eigenvalue weighted by molar-refractivity contribution is 1.22.